The van der Waals surface area contributed by atoms with Crippen LogP contribution < -0.4 is 11.1 Å². The zero-order valence-electron chi connectivity index (χ0n) is 16.4. The number of aliphatic imine (C=N–C) groups is 1. The predicted molar refractivity (Wildman–Crippen MR) is 109 cm³/mol. The third kappa shape index (κ3) is 4.89. The number of carbonyl (C=O) groups excluding carboxylic acids is 3. The summed E-state index contributed by atoms with van der Waals surface area (Å²) >= 11 is 0. The molecule has 0 aromatic heterocycles. The van der Waals surface area contributed by atoms with Crippen LogP contribution in [-0.4, -0.2) is 30.2 Å². The van der Waals surface area contributed by atoms with Gasteiger partial charge in [-0.1, -0.05) is 24.3 Å². The Hall–Kier alpha value is -3.55. The minimum Gasteiger partial charge on any atom is -0.465 e. The van der Waals surface area contributed by atoms with E-state index in [4.69, 9.17) is 10.5 Å². The van der Waals surface area contributed by atoms with Gasteiger partial charge in [0, 0.05) is 11.3 Å². The molecule has 0 bridgehead atoms. The smallest absolute Gasteiger partial charge is 0.341 e. The first kappa shape index (κ1) is 21.2. The summed E-state index contributed by atoms with van der Waals surface area (Å²) in [4.78, 5) is 40.6. The molecule has 0 saturated heterocycles. The molecular formula is C22H22FN3O4. The van der Waals surface area contributed by atoms with Crippen LogP contribution in [0.5, 0.6) is 0 Å². The van der Waals surface area contributed by atoms with Crippen molar-refractivity contribution in [2.75, 3.05) is 6.61 Å². The molecule has 30 heavy (non-hydrogen) atoms. The van der Waals surface area contributed by atoms with Gasteiger partial charge in [0.2, 0.25) is 5.91 Å². The van der Waals surface area contributed by atoms with Crippen molar-refractivity contribution in [2.45, 2.75) is 25.8 Å². The van der Waals surface area contributed by atoms with Crippen LogP contribution in [-0.2, 0) is 16.0 Å². The molecule has 3 amide bonds. The molecule has 156 valence electrons. The van der Waals surface area contributed by atoms with Gasteiger partial charge in [-0.25, -0.2) is 14.2 Å². The highest BCUT2D eigenvalue weighted by Gasteiger charge is 2.39. The summed E-state index contributed by atoms with van der Waals surface area (Å²) < 4.78 is 18.4. The van der Waals surface area contributed by atoms with Crippen molar-refractivity contribution < 1.29 is 23.5 Å². The standard InChI is InChI=1S/C22H22FN3O4/c1-2-30-21(28)18-17(11-8-13-6-9-16(23)10-7-13)25-22(29)26-19(18)14-4-3-5-15(12-14)20(24)27/h3-7,9-10,12,18-19H,2,8,11H2,1H3,(H2,24,27)(H,26,29). The maximum Gasteiger partial charge on any atom is 0.341 e. The molecule has 1 aliphatic heterocycles. The Kier molecular flexibility index (Phi) is 6.56. The van der Waals surface area contributed by atoms with E-state index in [1.165, 1.54) is 12.1 Å². The molecule has 8 heteroatoms. The van der Waals surface area contributed by atoms with E-state index in [0.29, 0.717) is 24.1 Å². The molecule has 2 unspecified atom stereocenters. The Morgan fingerprint density at radius 1 is 1.17 bits per heavy atom. The van der Waals surface area contributed by atoms with Crippen molar-refractivity contribution in [2.24, 2.45) is 16.6 Å². The summed E-state index contributed by atoms with van der Waals surface area (Å²) in [6.07, 6.45) is 0.783. The first-order valence-corrected chi connectivity index (χ1v) is 9.58. The predicted octanol–water partition coefficient (Wildman–Crippen LogP) is 2.94. The number of ether oxygens (including phenoxy) is 1. The first-order valence-electron chi connectivity index (χ1n) is 9.58. The fraction of sp³-hybridized carbons (Fsp3) is 0.273. The highest BCUT2D eigenvalue weighted by atomic mass is 19.1. The zero-order valence-corrected chi connectivity index (χ0v) is 16.4. The zero-order chi connectivity index (χ0) is 21.7. The van der Waals surface area contributed by atoms with E-state index < -0.39 is 29.9 Å². The minimum atomic E-state index is -0.855. The molecule has 0 fully saturated rings. The number of primary amides is 1. The molecular weight excluding hydrogens is 389 g/mol. The van der Waals surface area contributed by atoms with Crippen LogP contribution in [0.15, 0.2) is 53.5 Å². The quantitative estimate of drug-likeness (QED) is 0.683. The van der Waals surface area contributed by atoms with Crippen LogP contribution in [0.2, 0.25) is 0 Å². The Bertz CT molecular complexity index is 988. The van der Waals surface area contributed by atoms with Crippen molar-refractivity contribution in [3.05, 3.63) is 71.0 Å². The number of nitrogens with two attached hydrogens (primary N) is 1. The second-order valence-electron chi connectivity index (χ2n) is 6.88. The third-order valence-electron chi connectivity index (χ3n) is 4.87. The molecule has 0 aliphatic carbocycles. The number of halogens is 1. The molecule has 2 aromatic rings. The Balaban J connectivity index is 1.92. The van der Waals surface area contributed by atoms with Gasteiger partial charge in [0.1, 0.15) is 11.7 Å². The van der Waals surface area contributed by atoms with Gasteiger partial charge in [0.05, 0.1) is 12.6 Å². The van der Waals surface area contributed by atoms with E-state index in [1.807, 2.05) is 0 Å². The number of rotatable bonds is 7. The van der Waals surface area contributed by atoms with Crippen LogP contribution in [0.1, 0.15) is 40.9 Å². The lowest BCUT2D eigenvalue weighted by Crippen LogP contribution is -2.45. The van der Waals surface area contributed by atoms with E-state index >= 15 is 0 Å². The molecule has 0 spiro atoms. The van der Waals surface area contributed by atoms with Gasteiger partial charge in [0.25, 0.3) is 0 Å². The van der Waals surface area contributed by atoms with Crippen LogP contribution in [0.4, 0.5) is 9.18 Å². The fourth-order valence-corrected chi connectivity index (χ4v) is 3.44. The minimum absolute atomic E-state index is 0.169. The molecule has 7 nitrogen and oxygen atoms in total. The van der Waals surface area contributed by atoms with E-state index in [1.54, 1.807) is 43.3 Å². The lowest BCUT2D eigenvalue weighted by atomic mass is 9.85. The molecule has 3 N–H and O–H groups in total. The number of amides is 3. The van der Waals surface area contributed by atoms with Gasteiger partial charge in [-0.05, 0) is 55.2 Å². The van der Waals surface area contributed by atoms with Gasteiger partial charge in [0.15, 0.2) is 0 Å². The van der Waals surface area contributed by atoms with Crippen molar-refractivity contribution in [3.8, 4) is 0 Å². The molecule has 0 saturated carbocycles. The third-order valence-corrected chi connectivity index (χ3v) is 4.87. The number of aryl methyl sites for hydroxylation is 1. The SMILES string of the molecule is CCOC(=O)C1C(CCc2ccc(F)cc2)=NC(=O)NC1c1cccc(C(N)=O)c1. The van der Waals surface area contributed by atoms with E-state index in [9.17, 15) is 18.8 Å². The average molecular weight is 411 g/mol. The fourth-order valence-electron chi connectivity index (χ4n) is 3.44. The molecule has 1 aliphatic rings. The van der Waals surface area contributed by atoms with E-state index in [-0.39, 0.29) is 18.0 Å². The summed E-state index contributed by atoms with van der Waals surface area (Å²) in [5.41, 5.74) is 7.39. The van der Waals surface area contributed by atoms with Gasteiger partial charge < -0.3 is 15.8 Å². The summed E-state index contributed by atoms with van der Waals surface area (Å²) in [7, 11) is 0. The van der Waals surface area contributed by atoms with Crippen LogP contribution in [0.3, 0.4) is 0 Å². The van der Waals surface area contributed by atoms with Gasteiger partial charge in [-0.3, -0.25) is 9.59 Å². The number of benzene rings is 2. The van der Waals surface area contributed by atoms with Crippen molar-refractivity contribution in [1.29, 1.82) is 0 Å². The Morgan fingerprint density at radius 3 is 2.57 bits per heavy atom. The second kappa shape index (κ2) is 9.30. The Labute approximate surface area is 173 Å². The van der Waals surface area contributed by atoms with Crippen LogP contribution in [0.25, 0.3) is 0 Å². The summed E-state index contributed by atoms with van der Waals surface area (Å²) in [5.74, 6) is -2.33. The number of nitrogens with one attached hydrogen (secondary N) is 1. The van der Waals surface area contributed by atoms with Gasteiger partial charge in [-0.2, -0.15) is 0 Å². The second-order valence-corrected chi connectivity index (χ2v) is 6.88. The maximum absolute atomic E-state index is 13.1. The topological polar surface area (TPSA) is 111 Å². The lowest BCUT2D eigenvalue weighted by Gasteiger charge is -2.31. The van der Waals surface area contributed by atoms with Crippen molar-refractivity contribution in [1.82, 2.24) is 5.32 Å². The number of hydrogen-bond acceptors (Lipinski definition) is 4. The van der Waals surface area contributed by atoms with Gasteiger partial charge in [-0.15, -0.1) is 0 Å². The number of esters is 1. The average Bonchev–Trinajstić information content (AvgIpc) is 2.73. The van der Waals surface area contributed by atoms with E-state index in [0.717, 1.165) is 5.56 Å². The Morgan fingerprint density at radius 2 is 1.90 bits per heavy atom. The van der Waals surface area contributed by atoms with Crippen molar-refractivity contribution in [3.63, 3.8) is 0 Å². The number of carbonyl (C=O) groups is 3. The van der Waals surface area contributed by atoms with Gasteiger partial charge >= 0.3 is 12.0 Å². The monoisotopic (exact) mass is 411 g/mol. The van der Waals surface area contributed by atoms with Crippen LogP contribution in [0, 0.1) is 11.7 Å². The summed E-state index contributed by atoms with van der Waals surface area (Å²) in [5, 5.41) is 2.69. The number of urea groups is 1. The summed E-state index contributed by atoms with van der Waals surface area (Å²) in [6, 6.07) is 11.1. The van der Waals surface area contributed by atoms with E-state index in [2.05, 4.69) is 10.3 Å². The maximum atomic E-state index is 13.1. The highest BCUT2D eigenvalue weighted by Crippen LogP contribution is 2.30. The lowest BCUT2D eigenvalue weighted by molar-refractivity contribution is -0.146. The molecule has 2 aromatic carbocycles. The highest BCUT2D eigenvalue weighted by molar-refractivity contribution is 6.09. The summed E-state index contributed by atoms with van der Waals surface area (Å²) in [6.45, 7) is 1.86. The number of hydrogen-bond donors (Lipinski definition) is 2. The molecule has 2 atom stereocenters. The van der Waals surface area contributed by atoms with Crippen molar-refractivity contribution >= 4 is 23.6 Å². The first-order chi connectivity index (χ1) is 14.4. The largest absolute Gasteiger partial charge is 0.465 e. The molecule has 3 rings (SSSR count). The molecule has 0 radical (unpaired) electrons. The number of nitrogens with zero attached hydrogens (tertiary/aromatic N) is 1. The normalized spacial score (nSPS) is 18.3. The molecule has 1 heterocycles. The van der Waals surface area contributed by atoms with Crippen LogP contribution >= 0.6 is 0 Å².